The third-order valence-corrected chi connectivity index (χ3v) is 3.46. The summed E-state index contributed by atoms with van der Waals surface area (Å²) in [5.41, 5.74) is 1.09. The Balaban J connectivity index is 1.70. The van der Waals surface area contributed by atoms with E-state index < -0.39 is 0 Å². The van der Waals surface area contributed by atoms with Gasteiger partial charge in [-0.1, -0.05) is 6.07 Å². The summed E-state index contributed by atoms with van der Waals surface area (Å²) in [4.78, 5) is 14.0. The molecule has 1 aromatic rings. The molecule has 0 unspecified atom stereocenters. The second-order valence-electron chi connectivity index (χ2n) is 4.86. The van der Waals surface area contributed by atoms with Crippen molar-refractivity contribution in [2.45, 2.75) is 19.4 Å². The molecule has 2 aliphatic heterocycles. The Labute approximate surface area is 112 Å². The quantitative estimate of drug-likeness (QED) is 0.868. The molecule has 1 fully saturated rings. The average Bonchev–Trinajstić information content (AvgIpc) is 2.86. The zero-order valence-corrected chi connectivity index (χ0v) is 10.9. The number of rotatable bonds is 2. The maximum absolute atomic E-state index is 12.0. The monoisotopic (exact) mass is 262 g/mol. The summed E-state index contributed by atoms with van der Waals surface area (Å²) in [5, 5.41) is 3.25. The van der Waals surface area contributed by atoms with E-state index in [-0.39, 0.29) is 12.7 Å². The molecule has 1 aromatic carbocycles. The number of ether oxygens (including phenoxy) is 2. The van der Waals surface area contributed by atoms with Crippen molar-refractivity contribution in [3.05, 3.63) is 23.8 Å². The molecule has 0 aliphatic carbocycles. The lowest BCUT2D eigenvalue weighted by Crippen LogP contribution is -2.37. The first kappa shape index (κ1) is 12.3. The standard InChI is InChI=1S/C14H18N2O3/c17-14-4-6-15-5-1-7-16(14)9-11-2-3-12-13(8-11)19-10-18-12/h2-3,8,15H,1,4-7,9-10H2. The molecule has 1 amide bonds. The highest BCUT2D eigenvalue weighted by Crippen LogP contribution is 2.32. The average molecular weight is 262 g/mol. The zero-order chi connectivity index (χ0) is 13.1. The van der Waals surface area contributed by atoms with Gasteiger partial charge in [0.15, 0.2) is 11.5 Å². The van der Waals surface area contributed by atoms with E-state index in [9.17, 15) is 4.79 Å². The molecule has 19 heavy (non-hydrogen) atoms. The lowest BCUT2D eigenvalue weighted by molar-refractivity contribution is -0.132. The fraction of sp³-hybridized carbons (Fsp3) is 0.500. The van der Waals surface area contributed by atoms with Crippen molar-refractivity contribution in [1.82, 2.24) is 10.2 Å². The number of hydrogen-bond donors (Lipinski definition) is 1. The first-order valence-electron chi connectivity index (χ1n) is 6.70. The van der Waals surface area contributed by atoms with Crippen LogP contribution in [0.2, 0.25) is 0 Å². The molecule has 0 atom stereocenters. The number of hydrogen-bond acceptors (Lipinski definition) is 4. The second-order valence-corrected chi connectivity index (χ2v) is 4.86. The van der Waals surface area contributed by atoms with Crippen molar-refractivity contribution >= 4 is 5.91 Å². The van der Waals surface area contributed by atoms with Crippen molar-refractivity contribution in [3.8, 4) is 11.5 Å². The lowest BCUT2D eigenvalue weighted by atomic mass is 10.1. The first-order valence-corrected chi connectivity index (χ1v) is 6.70. The summed E-state index contributed by atoms with van der Waals surface area (Å²) in [7, 11) is 0. The van der Waals surface area contributed by atoms with Crippen LogP contribution in [-0.2, 0) is 11.3 Å². The van der Waals surface area contributed by atoms with Gasteiger partial charge in [0.05, 0.1) is 0 Å². The van der Waals surface area contributed by atoms with Crippen LogP contribution in [0.15, 0.2) is 18.2 Å². The second kappa shape index (κ2) is 5.48. The molecule has 2 aliphatic rings. The predicted octanol–water partition coefficient (Wildman–Crippen LogP) is 1.13. The van der Waals surface area contributed by atoms with Gasteiger partial charge >= 0.3 is 0 Å². The van der Waals surface area contributed by atoms with Crippen molar-refractivity contribution in [1.29, 1.82) is 0 Å². The molecule has 0 radical (unpaired) electrons. The van der Waals surface area contributed by atoms with Crippen molar-refractivity contribution < 1.29 is 14.3 Å². The Morgan fingerprint density at radius 3 is 3.05 bits per heavy atom. The Morgan fingerprint density at radius 2 is 2.11 bits per heavy atom. The van der Waals surface area contributed by atoms with E-state index in [1.165, 1.54) is 0 Å². The van der Waals surface area contributed by atoms with Gasteiger partial charge in [-0.15, -0.1) is 0 Å². The van der Waals surface area contributed by atoms with Crippen LogP contribution < -0.4 is 14.8 Å². The van der Waals surface area contributed by atoms with E-state index in [0.717, 1.165) is 43.1 Å². The van der Waals surface area contributed by atoms with Gasteiger partial charge in [-0.25, -0.2) is 0 Å². The molecule has 102 valence electrons. The van der Waals surface area contributed by atoms with Crippen LogP contribution >= 0.6 is 0 Å². The van der Waals surface area contributed by atoms with E-state index in [1.807, 2.05) is 23.1 Å². The molecular formula is C14H18N2O3. The van der Waals surface area contributed by atoms with Crippen LogP contribution in [0.25, 0.3) is 0 Å². The van der Waals surface area contributed by atoms with Gasteiger partial charge in [0.2, 0.25) is 12.7 Å². The molecule has 5 nitrogen and oxygen atoms in total. The highest BCUT2D eigenvalue weighted by molar-refractivity contribution is 5.76. The number of carbonyl (C=O) groups excluding carboxylic acids is 1. The number of nitrogens with one attached hydrogen (secondary N) is 1. The Bertz CT molecular complexity index is 476. The predicted molar refractivity (Wildman–Crippen MR) is 70.1 cm³/mol. The van der Waals surface area contributed by atoms with E-state index in [2.05, 4.69) is 5.32 Å². The third kappa shape index (κ3) is 2.81. The van der Waals surface area contributed by atoms with Gasteiger partial charge in [0.25, 0.3) is 0 Å². The third-order valence-electron chi connectivity index (χ3n) is 3.46. The Morgan fingerprint density at radius 1 is 1.21 bits per heavy atom. The molecule has 0 aromatic heterocycles. The largest absolute Gasteiger partial charge is 0.454 e. The van der Waals surface area contributed by atoms with Crippen LogP contribution in [0.4, 0.5) is 0 Å². The van der Waals surface area contributed by atoms with E-state index >= 15 is 0 Å². The lowest BCUT2D eigenvalue weighted by Gasteiger charge is -2.25. The van der Waals surface area contributed by atoms with Gasteiger partial charge < -0.3 is 19.7 Å². The summed E-state index contributed by atoms with van der Waals surface area (Å²) < 4.78 is 10.7. The van der Waals surface area contributed by atoms with Crippen molar-refractivity contribution in [2.75, 3.05) is 26.4 Å². The fourth-order valence-corrected chi connectivity index (χ4v) is 2.42. The Hall–Kier alpha value is -1.75. The van der Waals surface area contributed by atoms with E-state index in [1.54, 1.807) is 0 Å². The number of benzene rings is 1. The molecule has 1 N–H and O–H groups in total. The molecule has 0 saturated carbocycles. The van der Waals surface area contributed by atoms with E-state index in [4.69, 9.17) is 9.47 Å². The van der Waals surface area contributed by atoms with Crippen LogP contribution in [0.5, 0.6) is 11.5 Å². The van der Waals surface area contributed by atoms with Gasteiger partial charge in [-0.3, -0.25) is 4.79 Å². The zero-order valence-electron chi connectivity index (χ0n) is 10.9. The van der Waals surface area contributed by atoms with Crippen molar-refractivity contribution in [3.63, 3.8) is 0 Å². The van der Waals surface area contributed by atoms with Gasteiger partial charge in [-0.2, -0.15) is 0 Å². The highest BCUT2D eigenvalue weighted by Gasteiger charge is 2.18. The molecule has 1 saturated heterocycles. The molecule has 2 heterocycles. The normalized spacial score (nSPS) is 19.2. The molecular weight excluding hydrogens is 244 g/mol. The van der Waals surface area contributed by atoms with Crippen LogP contribution in [0.1, 0.15) is 18.4 Å². The number of carbonyl (C=O) groups is 1. The molecule has 0 spiro atoms. The summed E-state index contributed by atoms with van der Waals surface area (Å²) >= 11 is 0. The van der Waals surface area contributed by atoms with Gasteiger partial charge in [0, 0.05) is 26.1 Å². The smallest absolute Gasteiger partial charge is 0.231 e. The minimum Gasteiger partial charge on any atom is -0.454 e. The van der Waals surface area contributed by atoms with Gasteiger partial charge in [0.1, 0.15) is 0 Å². The molecule has 5 heteroatoms. The summed E-state index contributed by atoms with van der Waals surface area (Å²) in [5.74, 6) is 1.77. The van der Waals surface area contributed by atoms with Gasteiger partial charge in [-0.05, 0) is 30.7 Å². The van der Waals surface area contributed by atoms with Crippen molar-refractivity contribution in [2.24, 2.45) is 0 Å². The summed E-state index contributed by atoms with van der Waals surface area (Å²) in [6.45, 7) is 3.49. The minimum atomic E-state index is 0.213. The maximum Gasteiger partial charge on any atom is 0.231 e. The number of amides is 1. The maximum atomic E-state index is 12.0. The van der Waals surface area contributed by atoms with Crippen LogP contribution in [0.3, 0.4) is 0 Å². The molecule has 0 bridgehead atoms. The topological polar surface area (TPSA) is 50.8 Å². The first-order chi connectivity index (χ1) is 9.33. The number of fused-ring (bicyclic) bond motifs is 1. The Kier molecular flexibility index (Phi) is 3.55. The summed E-state index contributed by atoms with van der Waals surface area (Å²) in [6, 6.07) is 5.87. The van der Waals surface area contributed by atoms with Crippen LogP contribution in [-0.4, -0.2) is 37.2 Å². The minimum absolute atomic E-state index is 0.213. The number of nitrogens with zero attached hydrogens (tertiary/aromatic N) is 1. The van der Waals surface area contributed by atoms with E-state index in [0.29, 0.717) is 13.0 Å². The summed E-state index contributed by atoms with van der Waals surface area (Å²) in [6.07, 6.45) is 1.57. The fourth-order valence-electron chi connectivity index (χ4n) is 2.42. The van der Waals surface area contributed by atoms with Crippen LogP contribution in [0, 0.1) is 0 Å². The SMILES string of the molecule is O=C1CCNCCCN1Cc1ccc2c(c1)OCO2. The highest BCUT2D eigenvalue weighted by atomic mass is 16.7. The molecule has 3 rings (SSSR count).